The SMILES string of the molecule is CNC(CCCN)CC(C)C. The van der Waals surface area contributed by atoms with Crippen LogP contribution in [0.1, 0.15) is 33.1 Å². The van der Waals surface area contributed by atoms with E-state index in [4.69, 9.17) is 5.73 Å². The lowest BCUT2D eigenvalue weighted by Gasteiger charge is -2.17. The third kappa shape index (κ3) is 6.32. The van der Waals surface area contributed by atoms with Gasteiger partial charge >= 0.3 is 0 Å². The first-order valence-electron chi connectivity index (χ1n) is 4.58. The maximum atomic E-state index is 5.43. The van der Waals surface area contributed by atoms with Crippen molar-refractivity contribution in [1.82, 2.24) is 5.32 Å². The summed E-state index contributed by atoms with van der Waals surface area (Å²) in [6, 6.07) is 0.665. The molecule has 2 heteroatoms. The van der Waals surface area contributed by atoms with E-state index in [9.17, 15) is 0 Å². The van der Waals surface area contributed by atoms with E-state index in [0.29, 0.717) is 6.04 Å². The minimum atomic E-state index is 0.665. The van der Waals surface area contributed by atoms with Crippen molar-refractivity contribution in [3.8, 4) is 0 Å². The van der Waals surface area contributed by atoms with E-state index in [-0.39, 0.29) is 0 Å². The second-order valence-corrected chi connectivity index (χ2v) is 3.55. The molecule has 0 saturated carbocycles. The van der Waals surface area contributed by atoms with Crippen molar-refractivity contribution in [2.24, 2.45) is 11.7 Å². The van der Waals surface area contributed by atoms with Gasteiger partial charge in [0.2, 0.25) is 0 Å². The van der Waals surface area contributed by atoms with Gasteiger partial charge in [-0.15, -0.1) is 0 Å². The van der Waals surface area contributed by atoms with Crippen molar-refractivity contribution in [2.75, 3.05) is 13.6 Å². The first-order chi connectivity index (χ1) is 5.20. The van der Waals surface area contributed by atoms with Crippen LogP contribution in [0.4, 0.5) is 0 Å². The van der Waals surface area contributed by atoms with E-state index in [0.717, 1.165) is 18.9 Å². The maximum Gasteiger partial charge on any atom is 0.00669 e. The van der Waals surface area contributed by atoms with Gasteiger partial charge in [0, 0.05) is 6.04 Å². The van der Waals surface area contributed by atoms with E-state index >= 15 is 0 Å². The van der Waals surface area contributed by atoms with Crippen molar-refractivity contribution in [1.29, 1.82) is 0 Å². The Morgan fingerprint density at radius 1 is 1.36 bits per heavy atom. The van der Waals surface area contributed by atoms with Crippen LogP contribution in [-0.2, 0) is 0 Å². The molecule has 0 bridgehead atoms. The zero-order valence-corrected chi connectivity index (χ0v) is 8.06. The molecule has 0 saturated heterocycles. The first kappa shape index (κ1) is 10.9. The Morgan fingerprint density at radius 3 is 2.36 bits per heavy atom. The summed E-state index contributed by atoms with van der Waals surface area (Å²) >= 11 is 0. The summed E-state index contributed by atoms with van der Waals surface area (Å²) in [5, 5.41) is 3.31. The number of hydrogen-bond donors (Lipinski definition) is 2. The van der Waals surface area contributed by atoms with Gasteiger partial charge in [0.15, 0.2) is 0 Å². The van der Waals surface area contributed by atoms with Crippen LogP contribution in [0.2, 0.25) is 0 Å². The molecule has 0 aromatic rings. The number of nitrogens with two attached hydrogens (primary N) is 1. The quantitative estimate of drug-likeness (QED) is 0.612. The molecule has 0 aliphatic rings. The maximum absolute atomic E-state index is 5.43. The fourth-order valence-corrected chi connectivity index (χ4v) is 1.31. The molecule has 0 aromatic heterocycles. The monoisotopic (exact) mass is 158 g/mol. The van der Waals surface area contributed by atoms with Crippen LogP contribution in [0.25, 0.3) is 0 Å². The van der Waals surface area contributed by atoms with Crippen LogP contribution in [0.5, 0.6) is 0 Å². The molecule has 2 nitrogen and oxygen atoms in total. The van der Waals surface area contributed by atoms with Gasteiger partial charge in [-0.2, -0.15) is 0 Å². The zero-order chi connectivity index (χ0) is 8.69. The summed E-state index contributed by atoms with van der Waals surface area (Å²) in [7, 11) is 2.03. The lowest BCUT2D eigenvalue weighted by molar-refractivity contribution is 0.415. The van der Waals surface area contributed by atoms with E-state index in [2.05, 4.69) is 19.2 Å². The minimum Gasteiger partial charge on any atom is -0.330 e. The lowest BCUT2D eigenvalue weighted by atomic mass is 10.00. The van der Waals surface area contributed by atoms with Gasteiger partial charge in [-0.3, -0.25) is 0 Å². The van der Waals surface area contributed by atoms with Gasteiger partial charge < -0.3 is 11.1 Å². The summed E-state index contributed by atoms with van der Waals surface area (Å²) in [5.74, 6) is 0.783. The van der Waals surface area contributed by atoms with Gasteiger partial charge in [-0.05, 0) is 38.8 Å². The first-order valence-corrected chi connectivity index (χ1v) is 4.58. The van der Waals surface area contributed by atoms with Gasteiger partial charge in [0.1, 0.15) is 0 Å². The molecule has 0 radical (unpaired) electrons. The highest BCUT2D eigenvalue weighted by atomic mass is 14.9. The van der Waals surface area contributed by atoms with Crippen LogP contribution in [-0.4, -0.2) is 19.6 Å². The molecule has 1 atom stereocenters. The molecule has 0 aliphatic carbocycles. The van der Waals surface area contributed by atoms with Crippen LogP contribution < -0.4 is 11.1 Å². The molecular formula is C9H22N2. The minimum absolute atomic E-state index is 0.665. The molecule has 0 spiro atoms. The third-order valence-electron chi connectivity index (χ3n) is 1.92. The van der Waals surface area contributed by atoms with Crippen LogP contribution in [0.15, 0.2) is 0 Å². The summed E-state index contributed by atoms with van der Waals surface area (Å²) < 4.78 is 0. The van der Waals surface area contributed by atoms with Crippen LogP contribution >= 0.6 is 0 Å². The highest BCUT2D eigenvalue weighted by Crippen LogP contribution is 2.08. The molecule has 68 valence electrons. The summed E-state index contributed by atoms with van der Waals surface area (Å²) in [6.07, 6.45) is 3.61. The summed E-state index contributed by atoms with van der Waals surface area (Å²) in [4.78, 5) is 0. The Hall–Kier alpha value is -0.0800. The fourth-order valence-electron chi connectivity index (χ4n) is 1.31. The molecule has 0 heterocycles. The topological polar surface area (TPSA) is 38.0 Å². The second kappa shape index (κ2) is 6.62. The Bertz CT molecular complexity index is 81.6. The van der Waals surface area contributed by atoms with Crippen molar-refractivity contribution < 1.29 is 0 Å². The predicted octanol–water partition coefficient (Wildman–Crippen LogP) is 1.36. The van der Waals surface area contributed by atoms with E-state index in [1.54, 1.807) is 0 Å². The number of rotatable bonds is 6. The molecule has 3 N–H and O–H groups in total. The molecule has 0 aliphatic heterocycles. The van der Waals surface area contributed by atoms with Gasteiger partial charge in [0.25, 0.3) is 0 Å². The van der Waals surface area contributed by atoms with Crippen molar-refractivity contribution in [3.63, 3.8) is 0 Å². The summed E-state index contributed by atoms with van der Waals surface area (Å²) in [6.45, 7) is 5.33. The van der Waals surface area contributed by atoms with E-state index in [1.165, 1.54) is 12.8 Å². The Kier molecular flexibility index (Phi) is 6.57. The van der Waals surface area contributed by atoms with Gasteiger partial charge in [0.05, 0.1) is 0 Å². The average molecular weight is 158 g/mol. The molecule has 1 unspecified atom stereocenters. The van der Waals surface area contributed by atoms with Crippen molar-refractivity contribution in [3.05, 3.63) is 0 Å². The average Bonchev–Trinajstić information content (AvgIpc) is 1.97. The zero-order valence-electron chi connectivity index (χ0n) is 8.06. The van der Waals surface area contributed by atoms with Crippen LogP contribution in [0, 0.1) is 5.92 Å². The molecule has 11 heavy (non-hydrogen) atoms. The molecule has 0 amide bonds. The predicted molar refractivity (Wildman–Crippen MR) is 50.6 cm³/mol. The fraction of sp³-hybridized carbons (Fsp3) is 1.00. The van der Waals surface area contributed by atoms with Crippen molar-refractivity contribution >= 4 is 0 Å². The standard InChI is InChI=1S/C9H22N2/c1-8(2)7-9(11-3)5-4-6-10/h8-9,11H,4-7,10H2,1-3H3. The largest absolute Gasteiger partial charge is 0.330 e. The molecular weight excluding hydrogens is 136 g/mol. The normalized spacial score (nSPS) is 13.9. The number of hydrogen-bond acceptors (Lipinski definition) is 2. The molecule has 0 fully saturated rings. The van der Waals surface area contributed by atoms with Crippen LogP contribution in [0.3, 0.4) is 0 Å². The van der Waals surface area contributed by atoms with Gasteiger partial charge in [-0.25, -0.2) is 0 Å². The van der Waals surface area contributed by atoms with Crippen molar-refractivity contribution in [2.45, 2.75) is 39.2 Å². The third-order valence-corrected chi connectivity index (χ3v) is 1.92. The molecule has 0 aromatic carbocycles. The second-order valence-electron chi connectivity index (χ2n) is 3.55. The Morgan fingerprint density at radius 2 is 2.00 bits per heavy atom. The number of nitrogens with one attached hydrogen (secondary N) is 1. The highest BCUT2D eigenvalue weighted by molar-refractivity contribution is 4.66. The summed E-state index contributed by atoms with van der Waals surface area (Å²) in [5.41, 5.74) is 5.43. The Labute approximate surface area is 70.5 Å². The Balaban J connectivity index is 3.41. The lowest BCUT2D eigenvalue weighted by Crippen LogP contribution is -2.27. The highest BCUT2D eigenvalue weighted by Gasteiger charge is 2.06. The van der Waals surface area contributed by atoms with E-state index < -0.39 is 0 Å². The smallest absolute Gasteiger partial charge is 0.00669 e. The molecule has 0 rings (SSSR count). The van der Waals surface area contributed by atoms with Gasteiger partial charge in [-0.1, -0.05) is 13.8 Å². The van der Waals surface area contributed by atoms with E-state index in [1.807, 2.05) is 7.05 Å².